The van der Waals surface area contributed by atoms with Crippen molar-refractivity contribution in [3.63, 3.8) is 0 Å². The number of carbonyl (C=O) groups is 2. The Morgan fingerprint density at radius 2 is 2.00 bits per heavy atom. The lowest BCUT2D eigenvalue weighted by atomic mass is 10.1. The number of nitrogens with zero attached hydrogens (tertiary/aromatic N) is 5. The molecule has 0 spiro atoms. The van der Waals surface area contributed by atoms with E-state index in [1.807, 2.05) is 4.90 Å². The van der Waals surface area contributed by atoms with Crippen LogP contribution < -0.4 is 10.2 Å². The van der Waals surface area contributed by atoms with Gasteiger partial charge in [-0.2, -0.15) is 0 Å². The Morgan fingerprint density at radius 1 is 1.18 bits per heavy atom. The number of furan rings is 1. The quantitative estimate of drug-likeness (QED) is 0.288. The Labute approximate surface area is 196 Å². The number of nitro benzene ring substituents is 1. The molecule has 0 bridgehead atoms. The average Bonchev–Trinajstić information content (AvgIpc) is 3.53. The van der Waals surface area contributed by atoms with E-state index in [9.17, 15) is 19.7 Å². The van der Waals surface area contributed by atoms with E-state index in [1.165, 1.54) is 41.3 Å². The number of aromatic nitrogens is 2. The number of benzene rings is 1. The Balaban J connectivity index is 1.24. The summed E-state index contributed by atoms with van der Waals surface area (Å²) < 4.78 is 5.87. The monoisotopic (exact) mass is 488 g/mol. The predicted molar refractivity (Wildman–Crippen MR) is 122 cm³/mol. The zero-order valence-electron chi connectivity index (χ0n) is 17.4. The van der Waals surface area contributed by atoms with Gasteiger partial charge in [-0.25, -0.2) is 0 Å². The SMILES string of the molecule is O=C(CSc1nnc(N2CCN(C(=O)c3cccc([N+](=O)[O-])c3)CC2)s1)NCc1ccco1. The molecular weight excluding hydrogens is 468 g/mol. The number of amides is 2. The van der Waals surface area contributed by atoms with Gasteiger partial charge < -0.3 is 19.5 Å². The molecule has 0 radical (unpaired) electrons. The van der Waals surface area contributed by atoms with Crippen molar-refractivity contribution < 1.29 is 18.9 Å². The summed E-state index contributed by atoms with van der Waals surface area (Å²) in [5, 5.41) is 22.8. The first-order chi connectivity index (χ1) is 16.0. The third-order valence-corrected chi connectivity index (χ3v) is 7.02. The van der Waals surface area contributed by atoms with E-state index in [4.69, 9.17) is 4.42 Å². The lowest BCUT2D eigenvalue weighted by molar-refractivity contribution is -0.384. The largest absolute Gasteiger partial charge is 0.467 e. The minimum atomic E-state index is -0.511. The number of thioether (sulfide) groups is 1. The van der Waals surface area contributed by atoms with Gasteiger partial charge >= 0.3 is 0 Å². The van der Waals surface area contributed by atoms with Crippen molar-refractivity contribution in [3.05, 3.63) is 64.1 Å². The van der Waals surface area contributed by atoms with Crippen molar-refractivity contribution in [1.82, 2.24) is 20.4 Å². The van der Waals surface area contributed by atoms with Crippen LogP contribution in [0.3, 0.4) is 0 Å². The average molecular weight is 489 g/mol. The maximum absolute atomic E-state index is 12.7. The minimum Gasteiger partial charge on any atom is -0.467 e. The number of hydrogen-bond acceptors (Lipinski definition) is 10. The molecule has 0 saturated carbocycles. The van der Waals surface area contributed by atoms with Crippen LogP contribution in [-0.2, 0) is 11.3 Å². The number of piperazine rings is 1. The standard InChI is InChI=1S/C20H20N6O5S2/c27-17(21-12-16-5-2-10-31-16)13-32-20-23-22-19(33-20)25-8-6-24(7-9-25)18(28)14-3-1-4-15(11-14)26(29)30/h1-5,10-11H,6-9,12-13H2,(H,21,27). The van der Waals surface area contributed by atoms with E-state index in [0.717, 1.165) is 5.13 Å². The van der Waals surface area contributed by atoms with Crippen molar-refractivity contribution in [1.29, 1.82) is 0 Å². The van der Waals surface area contributed by atoms with Crippen molar-refractivity contribution in [3.8, 4) is 0 Å². The van der Waals surface area contributed by atoms with Crippen LogP contribution in [0.5, 0.6) is 0 Å². The molecule has 172 valence electrons. The van der Waals surface area contributed by atoms with Gasteiger partial charge in [-0.15, -0.1) is 10.2 Å². The number of non-ortho nitro benzene ring substituents is 1. The summed E-state index contributed by atoms with van der Waals surface area (Å²) in [6, 6.07) is 9.32. The Morgan fingerprint density at radius 3 is 2.73 bits per heavy atom. The molecule has 13 heteroatoms. The molecule has 1 aliphatic heterocycles. The second kappa shape index (κ2) is 10.4. The van der Waals surface area contributed by atoms with E-state index < -0.39 is 4.92 Å². The number of nitro groups is 1. The summed E-state index contributed by atoms with van der Waals surface area (Å²) in [5.41, 5.74) is 0.200. The van der Waals surface area contributed by atoms with Crippen LogP contribution in [-0.4, -0.2) is 63.8 Å². The highest BCUT2D eigenvalue weighted by atomic mass is 32.2. The van der Waals surface area contributed by atoms with Crippen molar-refractivity contribution in [2.45, 2.75) is 10.9 Å². The smallest absolute Gasteiger partial charge is 0.270 e. The fourth-order valence-corrected chi connectivity index (χ4v) is 4.92. The summed E-state index contributed by atoms with van der Waals surface area (Å²) in [7, 11) is 0. The van der Waals surface area contributed by atoms with Gasteiger partial charge in [-0.1, -0.05) is 29.2 Å². The highest BCUT2D eigenvalue weighted by Crippen LogP contribution is 2.28. The molecule has 2 amide bonds. The first kappa shape index (κ1) is 22.7. The van der Waals surface area contributed by atoms with Gasteiger partial charge in [0.05, 0.1) is 23.5 Å². The maximum Gasteiger partial charge on any atom is 0.270 e. The highest BCUT2D eigenvalue weighted by Gasteiger charge is 2.25. The molecule has 3 heterocycles. The van der Waals surface area contributed by atoms with Gasteiger partial charge in [0.1, 0.15) is 5.76 Å². The fraction of sp³-hybridized carbons (Fsp3) is 0.300. The van der Waals surface area contributed by atoms with Crippen molar-refractivity contribution >= 4 is 45.7 Å². The molecular formula is C20H20N6O5S2. The normalized spacial score (nSPS) is 13.7. The fourth-order valence-electron chi connectivity index (χ4n) is 3.20. The van der Waals surface area contributed by atoms with E-state index in [1.54, 1.807) is 29.4 Å². The molecule has 3 aromatic rings. The van der Waals surface area contributed by atoms with Gasteiger partial charge in [0.2, 0.25) is 11.0 Å². The first-order valence-corrected chi connectivity index (χ1v) is 11.8. The summed E-state index contributed by atoms with van der Waals surface area (Å²) >= 11 is 2.71. The zero-order chi connectivity index (χ0) is 23.2. The topological polar surface area (TPSA) is 135 Å². The number of carbonyl (C=O) groups excluding carboxylic acids is 2. The molecule has 11 nitrogen and oxygen atoms in total. The van der Waals surface area contributed by atoms with Crippen LogP contribution in [0.25, 0.3) is 0 Å². The first-order valence-electron chi connectivity index (χ1n) is 10.0. The van der Waals surface area contributed by atoms with E-state index in [-0.39, 0.29) is 23.3 Å². The number of nitrogens with one attached hydrogen (secondary N) is 1. The molecule has 0 aliphatic carbocycles. The van der Waals surface area contributed by atoms with Gasteiger partial charge in [0.25, 0.3) is 11.6 Å². The molecule has 0 atom stereocenters. The highest BCUT2D eigenvalue weighted by molar-refractivity contribution is 8.01. The maximum atomic E-state index is 12.7. The van der Waals surface area contributed by atoms with Crippen LogP contribution in [0, 0.1) is 10.1 Å². The Hall–Kier alpha value is -3.45. The number of hydrogen-bond donors (Lipinski definition) is 1. The minimum absolute atomic E-state index is 0.104. The predicted octanol–water partition coefficient (Wildman–Crippen LogP) is 2.41. The molecule has 33 heavy (non-hydrogen) atoms. The van der Waals surface area contributed by atoms with Crippen LogP contribution in [0.15, 0.2) is 51.4 Å². The van der Waals surface area contributed by atoms with Crippen LogP contribution in [0.4, 0.5) is 10.8 Å². The lowest BCUT2D eigenvalue weighted by Crippen LogP contribution is -2.48. The molecule has 1 saturated heterocycles. The molecule has 0 unspecified atom stereocenters. The van der Waals surface area contributed by atoms with Crippen LogP contribution in [0.2, 0.25) is 0 Å². The number of rotatable bonds is 8. The molecule has 1 aliphatic rings. The Bertz CT molecular complexity index is 1130. The van der Waals surface area contributed by atoms with E-state index in [2.05, 4.69) is 15.5 Å². The molecule has 1 N–H and O–H groups in total. The van der Waals surface area contributed by atoms with Crippen LogP contribution >= 0.6 is 23.1 Å². The third-order valence-electron chi connectivity index (χ3n) is 4.90. The molecule has 1 fully saturated rings. The zero-order valence-corrected chi connectivity index (χ0v) is 19.0. The third kappa shape index (κ3) is 5.87. The summed E-state index contributed by atoms with van der Waals surface area (Å²) in [6.45, 7) is 2.43. The summed E-state index contributed by atoms with van der Waals surface area (Å²) in [5.74, 6) is 0.560. The Kier molecular flexibility index (Phi) is 7.19. The van der Waals surface area contributed by atoms with E-state index >= 15 is 0 Å². The van der Waals surface area contributed by atoms with Gasteiger partial charge in [-0.3, -0.25) is 19.7 Å². The second-order valence-electron chi connectivity index (χ2n) is 7.08. The van der Waals surface area contributed by atoms with E-state index in [0.29, 0.717) is 48.4 Å². The lowest BCUT2D eigenvalue weighted by Gasteiger charge is -2.34. The summed E-state index contributed by atoms with van der Waals surface area (Å²) in [6.07, 6.45) is 1.56. The summed E-state index contributed by atoms with van der Waals surface area (Å²) in [4.78, 5) is 38.9. The van der Waals surface area contributed by atoms with Crippen molar-refractivity contribution in [2.75, 3.05) is 36.8 Å². The van der Waals surface area contributed by atoms with Gasteiger partial charge in [-0.05, 0) is 18.2 Å². The molecule has 2 aromatic heterocycles. The van der Waals surface area contributed by atoms with Crippen LogP contribution in [0.1, 0.15) is 16.1 Å². The van der Waals surface area contributed by atoms with Crippen molar-refractivity contribution in [2.24, 2.45) is 0 Å². The number of anilines is 1. The van der Waals surface area contributed by atoms with Gasteiger partial charge in [0, 0.05) is 43.9 Å². The molecule has 1 aromatic carbocycles. The molecule has 4 rings (SSSR count). The second-order valence-corrected chi connectivity index (χ2v) is 9.26. The van der Waals surface area contributed by atoms with Gasteiger partial charge in [0.15, 0.2) is 4.34 Å².